The van der Waals surface area contributed by atoms with Gasteiger partial charge in [0.15, 0.2) is 12.6 Å². The zero-order chi connectivity index (χ0) is 34.3. The summed E-state index contributed by atoms with van der Waals surface area (Å²) in [5.74, 6) is 1.69. The average Bonchev–Trinajstić information content (AvgIpc) is 3.40. The van der Waals surface area contributed by atoms with Gasteiger partial charge in [-0.25, -0.2) is 0 Å². The van der Waals surface area contributed by atoms with E-state index in [1.54, 1.807) is 7.11 Å². The van der Waals surface area contributed by atoms with Crippen LogP contribution in [0.3, 0.4) is 0 Å². The lowest BCUT2D eigenvalue weighted by atomic mass is 9.38. The maximum atomic E-state index is 10.8. The molecular formula is C38H62O9. The maximum Gasteiger partial charge on any atom is 0.186 e. The van der Waals surface area contributed by atoms with Crippen LogP contribution in [-0.4, -0.2) is 96.1 Å². The smallest absolute Gasteiger partial charge is 0.186 e. The van der Waals surface area contributed by atoms with Gasteiger partial charge in [0.25, 0.3) is 0 Å². The van der Waals surface area contributed by atoms with Crippen LogP contribution in [0, 0.1) is 45.3 Å². The van der Waals surface area contributed by atoms with Crippen LogP contribution in [-0.2, 0) is 23.7 Å². The van der Waals surface area contributed by atoms with Crippen LogP contribution in [0.1, 0.15) is 93.4 Å². The number of hydrogen-bond acceptors (Lipinski definition) is 9. The Morgan fingerprint density at radius 1 is 0.957 bits per heavy atom. The van der Waals surface area contributed by atoms with Crippen LogP contribution < -0.4 is 0 Å². The summed E-state index contributed by atoms with van der Waals surface area (Å²) in [6.07, 6.45) is 7.16. The number of ether oxygens (including phenoxy) is 5. The maximum absolute atomic E-state index is 10.8. The quantitative estimate of drug-likeness (QED) is 0.259. The number of methoxy groups -OCH3 is 2. The second-order valence-corrected chi connectivity index (χ2v) is 17.3. The normalized spacial score (nSPS) is 51.1. The highest BCUT2D eigenvalue weighted by Crippen LogP contribution is 2.79. The Hall–Kier alpha value is -0.880. The van der Waals surface area contributed by atoms with Crippen LogP contribution in [0.4, 0.5) is 0 Å². The number of aliphatic hydroxyl groups excluding tert-OH is 4. The van der Waals surface area contributed by atoms with Crippen molar-refractivity contribution in [2.24, 2.45) is 45.3 Å². The van der Waals surface area contributed by atoms with Crippen molar-refractivity contribution in [1.82, 2.24) is 0 Å². The first kappa shape index (κ1) is 35.9. The predicted octanol–water partition coefficient (Wildman–Crippen LogP) is 4.75. The largest absolute Gasteiger partial charge is 0.394 e. The molecule has 268 valence electrons. The lowest BCUT2D eigenvalue weighted by Gasteiger charge is -2.65. The molecule has 0 unspecified atom stereocenters. The number of hydrogen-bond donors (Lipinski definition) is 4. The zero-order valence-corrected chi connectivity index (χ0v) is 30.1. The fourth-order valence-corrected chi connectivity index (χ4v) is 12.2. The molecule has 0 aromatic heterocycles. The second-order valence-electron chi connectivity index (χ2n) is 17.3. The van der Waals surface area contributed by atoms with E-state index in [9.17, 15) is 20.4 Å². The van der Waals surface area contributed by atoms with Crippen molar-refractivity contribution in [2.75, 3.05) is 20.8 Å². The molecule has 3 saturated carbocycles. The van der Waals surface area contributed by atoms with E-state index in [4.69, 9.17) is 23.7 Å². The first-order chi connectivity index (χ1) is 22.1. The summed E-state index contributed by atoms with van der Waals surface area (Å²) >= 11 is 0. The van der Waals surface area contributed by atoms with Crippen LogP contribution in [0.2, 0.25) is 0 Å². The first-order valence-electron chi connectivity index (χ1n) is 18.1. The molecule has 1 spiro atoms. The van der Waals surface area contributed by atoms with Crippen molar-refractivity contribution < 1.29 is 44.1 Å². The van der Waals surface area contributed by atoms with Crippen molar-refractivity contribution in [2.45, 2.75) is 148 Å². The minimum absolute atomic E-state index is 0.0875. The van der Waals surface area contributed by atoms with E-state index in [0.717, 1.165) is 32.1 Å². The second kappa shape index (κ2) is 12.4. The van der Waals surface area contributed by atoms with Gasteiger partial charge < -0.3 is 44.1 Å². The van der Waals surface area contributed by atoms with Gasteiger partial charge in [-0.15, -0.1) is 0 Å². The summed E-state index contributed by atoms with van der Waals surface area (Å²) in [4.78, 5) is 0. The third-order valence-electron chi connectivity index (χ3n) is 14.9. The molecule has 4 N–H and O–H groups in total. The Morgan fingerprint density at radius 3 is 2.32 bits per heavy atom. The van der Waals surface area contributed by atoms with E-state index in [0.29, 0.717) is 17.8 Å². The van der Waals surface area contributed by atoms with Gasteiger partial charge in [-0.3, -0.25) is 0 Å². The molecular weight excluding hydrogens is 600 g/mol. The Labute approximate surface area is 282 Å². The van der Waals surface area contributed by atoms with Gasteiger partial charge >= 0.3 is 0 Å². The summed E-state index contributed by atoms with van der Waals surface area (Å²) in [6.45, 7) is 15.7. The molecule has 2 aliphatic heterocycles. The molecule has 0 aromatic carbocycles. The minimum Gasteiger partial charge on any atom is -0.394 e. The summed E-state index contributed by atoms with van der Waals surface area (Å²) < 4.78 is 31.7. The highest BCUT2D eigenvalue weighted by Gasteiger charge is 2.78. The highest BCUT2D eigenvalue weighted by atomic mass is 16.7. The third kappa shape index (κ3) is 4.95. The summed E-state index contributed by atoms with van der Waals surface area (Å²) in [5, 5.41) is 41.3. The van der Waals surface area contributed by atoms with Gasteiger partial charge in [-0.1, -0.05) is 58.4 Å². The number of rotatable bonds is 9. The number of aliphatic hydroxyl groups is 4. The van der Waals surface area contributed by atoms with E-state index in [2.05, 4.69) is 66.7 Å². The number of allylic oxidation sites excluding steroid dienone is 2. The summed E-state index contributed by atoms with van der Waals surface area (Å²) in [7, 11) is 3.62. The van der Waals surface area contributed by atoms with E-state index < -0.39 is 48.3 Å². The zero-order valence-electron chi connectivity index (χ0n) is 30.1. The Kier molecular flexibility index (Phi) is 9.49. The molecule has 2 saturated heterocycles. The van der Waals surface area contributed by atoms with Crippen molar-refractivity contribution in [3.8, 4) is 0 Å². The summed E-state index contributed by atoms with van der Waals surface area (Å²) in [6, 6.07) is 0. The van der Waals surface area contributed by atoms with Gasteiger partial charge in [-0.05, 0) is 87.4 Å². The van der Waals surface area contributed by atoms with E-state index >= 15 is 0 Å². The van der Waals surface area contributed by atoms with Crippen LogP contribution in [0.25, 0.3) is 0 Å². The molecule has 2 bridgehead atoms. The molecule has 9 nitrogen and oxygen atoms in total. The van der Waals surface area contributed by atoms with Gasteiger partial charge in [0.2, 0.25) is 0 Å². The molecule has 2 heterocycles. The Morgan fingerprint density at radius 2 is 1.68 bits per heavy atom. The minimum atomic E-state index is -1.48. The Bertz CT molecular complexity index is 1210. The standard InChI is InChI=1S/C38H62O9/c1-21(2)18-23(43-8)19-22(3)24-12-14-36(7)26-13-15-38-27(37(26,33(44-9)47-38)17-16-35(24,36)6)10-11-28(34(38,4)5)46-32-31(42)30(41)29(40)25(20-39)45-32/h13,15,18,22-33,39-42H,10-12,14,16-17,19-20H2,1-9H3/t22-,23-,24-,25-,26+,27+,28+,29-,30-,31-,32+,33-,35-,36+,37+,38+/m1/s1. The molecule has 47 heavy (non-hydrogen) atoms. The number of fused-ring (bicyclic) bond motifs is 2. The molecule has 0 radical (unpaired) electrons. The fourth-order valence-electron chi connectivity index (χ4n) is 12.2. The lowest BCUT2D eigenvalue weighted by molar-refractivity contribution is -0.331. The monoisotopic (exact) mass is 662 g/mol. The third-order valence-corrected chi connectivity index (χ3v) is 14.9. The Balaban J connectivity index is 1.30. The van der Waals surface area contributed by atoms with Gasteiger partial charge in [-0.2, -0.15) is 0 Å². The van der Waals surface area contributed by atoms with Crippen molar-refractivity contribution in [1.29, 1.82) is 0 Å². The molecule has 0 aromatic rings. The fraction of sp³-hybridized carbons (Fsp3) is 0.895. The molecule has 6 rings (SSSR count). The average molecular weight is 663 g/mol. The van der Waals surface area contributed by atoms with Gasteiger partial charge in [0.1, 0.15) is 30.0 Å². The summed E-state index contributed by atoms with van der Waals surface area (Å²) in [5.41, 5.74) is 0.209. The molecule has 16 atom stereocenters. The molecule has 6 aliphatic rings. The van der Waals surface area contributed by atoms with Crippen molar-refractivity contribution >= 4 is 0 Å². The van der Waals surface area contributed by atoms with Crippen LogP contribution >= 0.6 is 0 Å². The van der Waals surface area contributed by atoms with E-state index in [1.165, 1.54) is 18.4 Å². The van der Waals surface area contributed by atoms with E-state index in [-0.39, 0.29) is 40.7 Å². The van der Waals surface area contributed by atoms with Crippen molar-refractivity contribution in [3.05, 3.63) is 23.8 Å². The van der Waals surface area contributed by atoms with Crippen LogP contribution in [0.15, 0.2) is 23.8 Å². The highest BCUT2D eigenvalue weighted by molar-refractivity contribution is 5.34. The van der Waals surface area contributed by atoms with Crippen molar-refractivity contribution in [3.63, 3.8) is 0 Å². The molecule has 4 aliphatic carbocycles. The first-order valence-corrected chi connectivity index (χ1v) is 18.1. The van der Waals surface area contributed by atoms with Gasteiger partial charge in [0.05, 0.1) is 18.8 Å². The SMILES string of the molecule is CO[C@@H]1O[C@@]23C=C[C@@H]4[C@@]1(CC[C@]1(C)[C@@H]([C@H](C)C[C@@H](C=C(C)C)OC)CC[C@@]41C)[C@@H]2CC[C@H](O[C@@H]1O[C@H](CO)[C@@H](O)[C@@H](O)[C@H]1O)C3(C)C. The van der Waals surface area contributed by atoms with Gasteiger partial charge in [0, 0.05) is 31.0 Å². The molecule has 5 fully saturated rings. The lowest BCUT2D eigenvalue weighted by Crippen LogP contribution is -2.66. The van der Waals surface area contributed by atoms with Crippen LogP contribution in [0.5, 0.6) is 0 Å². The predicted molar refractivity (Wildman–Crippen MR) is 177 cm³/mol. The van der Waals surface area contributed by atoms with E-state index in [1.807, 2.05) is 7.11 Å². The topological polar surface area (TPSA) is 127 Å². The molecule has 0 amide bonds. The molecule has 9 heteroatoms.